The SMILES string of the molecule is CCc1nc(N)cc(N2CCC(NC)C2)n1. The van der Waals surface area contributed by atoms with Crippen molar-refractivity contribution in [3.63, 3.8) is 0 Å². The van der Waals surface area contributed by atoms with Gasteiger partial charge < -0.3 is 16.0 Å². The number of aryl methyl sites for hydroxylation is 1. The van der Waals surface area contributed by atoms with Gasteiger partial charge in [-0.05, 0) is 13.5 Å². The molecule has 1 aromatic rings. The van der Waals surface area contributed by atoms with Crippen molar-refractivity contribution in [3.05, 3.63) is 11.9 Å². The molecule has 5 nitrogen and oxygen atoms in total. The van der Waals surface area contributed by atoms with Gasteiger partial charge in [-0.2, -0.15) is 0 Å². The fourth-order valence-electron chi connectivity index (χ4n) is 2.03. The van der Waals surface area contributed by atoms with Crippen LogP contribution >= 0.6 is 0 Å². The van der Waals surface area contributed by atoms with E-state index in [1.165, 1.54) is 0 Å². The molecule has 1 atom stereocenters. The minimum absolute atomic E-state index is 0.557. The number of anilines is 2. The zero-order valence-electron chi connectivity index (χ0n) is 9.90. The van der Waals surface area contributed by atoms with E-state index in [2.05, 4.69) is 20.2 Å². The minimum Gasteiger partial charge on any atom is -0.384 e. The van der Waals surface area contributed by atoms with E-state index in [1.54, 1.807) is 0 Å². The van der Waals surface area contributed by atoms with Crippen LogP contribution in [0.4, 0.5) is 11.6 Å². The highest BCUT2D eigenvalue weighted by molar-refractivity contribution is 5.48. The number of nitrogen functional groups attached to an aromatic ring is 1. The number of aromatic nitrogens is 2. The zero-order chi connectivity index (χ0) is 11.5. The van der Waals surface area contributed by atoms with Crippen LogP contribution in [0.15, 0.2) is 6.07 Å². The van der Waals surface area contributed by atoms with E-state index in [1.807, 2.05) is 20.0 Å². The van der Waals surface area contributed by atoms with Crippen LogP contribution in [0.5, 0.6) is 0 Å². The summed E-state index contributed by atoms with van der Waals surface area (Å²) in [4.78, 5) is 11.0. The molecule has 3 N–H and O–H groups in total. The van der Waals surface area contributed by atoms with Gasteiger partial charge in [-0.15, -0.1) is 0 Å². The number of nitrogens with zero attached hydrogens (tertiary/aromatic N) is 3. The van der Waals surface area contributed by atoms with E-state index >= 15 is 0 Å². The molecule has 0 bridgehead atoms. The molecule has 0 radical (unpaired) electrons. The van der Waals surface area contributed by atoms with Crippen LogP contribution in [0, 0.1) is 0 Å². The van der Waals surface area contributed by atoms with Gasteiger partial charge in [-0.1, -0.05) is 6.92 Å². The largest absolute Gasteiger partial charge is 0.384 e. The van der Waals surface area contributed by atoms with E-state index in [0.29, 0.717) is 11.9 Å². The maximum atomic E-state index is 5.78. The molecule has 5 heteroatoms. The van der Waals surface area contributed by atoms with Gasteiger partial charge >= 0.3 is 0 Å². The molecule has 1 fully saturated rings. The molecule has 1 aromatic heterocycles. The van der Waals surface area contributed by atoms with Crippen molar-refractivity contribution in [2.75, 3.05) is 30.8 Å². The summed E-state index contributed by atoms with van der Waals surface area (Å²) in [5.41, 5.74) is 5.78. The van der Waals surface area contributed by atoms with Gasteiger partial charge in [0.05, 0.1) is 0 Å². The van der Waals surface area contributed by atoms with Crippen molar-refractivity contribution in [2.45, 2.75) is 25.8 Å². The number of rotatable bonds is 3. The number of hydrogen-bond acceptors (Lipinski definition) is 5. The average Bonchev–Trinajstić information content (AvgIpc) is 2.76. The van der Waals surface area contributed by atoms with Crippen LogP contribution < -0.4 is 16.0 Å². The maximum absolute atomic E-state index is 5.78. The summed E-state index contributed by atoms with van der Waals surface area (Å²) in [5.74, 6) is 2.35. The maximum Gasteiger partial charge on any atom is 0.134 e. The smallest absolute Gasteiger partial charge is 0.134 e. The summed E-state index contributed by atoms with van der Waals surface area (Å²) in [5, 5.41) is 3.29. The first-order valence-corrected chi connectivity index (χ1v) is 5.78. The van der Waals surface area contributed by atoms with Crippen molar-refractivity contribution in [1.29, 1.82) is 0 Å². The summed E-state index contributed by atoms with van der Waals surface area (Å²) in [6.07, 6.45) is 1.98. The zero-order valence-corrected chi connectivity index (χ0v) is 9.90. The highest BCUT2D eigenvalue weighted by Gasteiger charge is 2.22. The van der Waals surface area contributed by atoms with E-state index in [9.17, 15) is 0 Å². The molecule has 1 aliphatic heterocycles. The van der Waals surface area contributed by atoms with Gasteiger partial charge in [0.25, 0.3) is 0 Å². The predicted octanol–water partition coefficient (Wildman–Crippen LogP) is 0.419. The first-order chi connectivity index (χ1) is 7.72. The monoisotopic (exact) mass is 221 g/mol. The Bertz CT molecular complexity index is 365. The first-order valence-electron chi connectivity index (χ1n) is 5.78. The molecular weight excluding hydrogens is 202 g/mol. The Morgan fingerprint density at radius 1 is 1.56 bits per heavy atom. The van der Waals surface area contributed by atoms with Crippen molar-refractivity contribution >= 4 is 11.6 Å². The molecule has 0 spiro atoms. The summed E-state index contributed by atoms with van der Waals surface area (Å²) in [7, 11) is 2.00. The lowest BCUT2D eigenvalue weighted by Crippen LogP contribution is -2.30. The van der Waals surface area contributed by atoms with Crippen LogP contribution in [0.25, 0.3) is 0 Å². The third-order valence-electron chi connectivity index (χ3n) is 3.02. The van der Waals surface area contributed by atoms with Crippen LogP contribution in [0.1, 0.15) is 19.2 Å². The Morgan fingerprint density at radius 3 is 3.00 bits per heavy atom. The number of nitrogens with one attached hydrogen (secondary N) is 1. The van der Waals surface area contributed by atoms with Crippen molar-refractivity contribution < 1.29 is 0 Å². The molecule has 88 valence electrons. The number of nitrogens with two attached hydrogens (primary N) is 1. The number of likely N-dealkylation sites (N-methyl/N-ethyl adjacent to an activating group) is 1. The molecule has 16 heavy (non-hydrogen) atoms. The quantitative estimate of drug-likeness (QED) is 0.774. The van der Waals surface area contributed by atoms with Gasteiger partial charge in [0.2, 0.25) is 0 Å². The summed E-state index contributed by atoms with van der Waals surface area (Å²) >= 11 is 0. The van der Waals surface area contributed by atoms with E-state index < -0.39 is 0 Å². The second-order valence-electron chi connectivity index (χ2n) is 4.14. The predicted molar refractivity (Wildman–Crippen MR) is 65.5 cm³/mol. The van der Waals surface area contributed by atoms with Gasteiger partial charge in [0, 0.05) is 31.6 Å². The lowest BCUT2D eigenvalue weighted by atomic mass is 10.3. The molecule has 0 aliphatic carbocycles. The normalized spacial score (nSPS) is 20.4. The lowest BCUT2D eigenvalue weighted by molar-refractivity contribution is 0.616. The summed E-state index contributed by atoms with van der Waals surface area (Å²) in [6, 6.07) is 2.42. The van der Waals surface area contributed by atoms with Gasteiger partial charge in [0.1, 0.15) is 17.5 Å². The van der Waals surface area contributed by atoms with Gasteiger partial charge in [-0.25, -0.2) is 9.97 Å². The highest BCUT2D eigenvalue weighted by atomic mass is 15.2. The van der Waals surface area contributed by atoms with Crippen molar-refractivity contribution in [3.8, 4) is 0 Å². The third kappa shape index (κ3) is 2.24. The first kappa shape index (κ1) is 11.1. The van der Waals surface area contributed by atoms with Crippen LogP contribution in [0.3, 0.4) is 0 Å². The van der Waals surface area contributed by atoms with E-state index in [0.717, 1.165) is 37.6 Å². The molecule has 1 aliphatic rings. The van der Waals surface area contributed by atoms with Crippen LogP contribution in [-0.4, -0.2) is 36.1 Å². The molecule has 0 amide bonds. The third-order valence-corrected chi connectivity index (χ3v) is 3.02. The van der Waals surface area contributed by atoms with E-state index in [-0.39, 0.29) is 0 Å². The Morgan fingerprint density at radius 2 is 2.38 bits per heavy atom. The average molecular weight is 221 g/mol. The minimum atomic E-state index is 0.557. The second kappa shape index (κ2) is 4.65. The fourth-order valence-corrected chi connectivity index (χ4v) is 2.03. The lowest BCUT2D eigenvalue weighted by Gasteiger charge is -2.18. The molecule has 0 saturated carbocycles. The summed E-state index contributed by atoms with van der Waals surface area (Å²) in [6.45, 7) is 4.07. The van der Waals surface area contributed by atoms with Crippen LogP contribution in [0.2, 0.25) is 0 Å². The Hall–Kier alpha value is -1.36. The van der Waals surface area contributed by atoms with Gasteiger partial charge in [-0.3, -0.25) is 0 Å². The molecular formula is C11H19N5. The molecule has 2 heterocycles. The fraction of sp³-hybridized carbons (Fsp3) is 0.636. The second-order valence-corrected chi connectivity index (χ2v) is 4.14. The Kier molecular flexibility index (Phi) is 3.24. The Labute approximate surface area is 96.1 Å². The summed E-state index contributed by atoms with van der Waals surface area (Å²) < 4.78 is 0. The molecule has 1 saturated heterocycles. The molecule has 0 aromatic carbocycles. The molecule has 1 unspecified atom stereocenters. The molecule has 2 rings (SSSR count). The van der Waals surface area contributed by atoms with Crippen LogP contribution in [-0.2, 0) is 6.42 Å². The van der Waals surface area contributed by atoms with Gasteiger partial charge in [0.15, 0.2) is 0 Å². The number of hydrogen-bond donors (Lipinski definition) is 2. The standard InChI is InChI=1S/C11H19N5/c1-3-10-14-9(12)6-11(15-10)16-5-4-8(7-16)13-2/h6,8,13H,3-5,7H2,1-2H3,(H2,12,14,15). The topological polar surface area (TPSA) is 67.1 Å². The van der Waals surface area contributed by atoms with E-state index in [4.69, 9.17) is 5.73 Å². The van der Waals surface area contributed by atoms with Crippen molar-refractivity contribution in [1.82, 2.24) is 15.3 Å². The van der Waals surface area contributed by atoms with Crippen molar-refractivity contribution in [2.24, 2.45) is 0 Å². The highest BCUT2D eigenvalue weighted by Crippen LogP contribution is 2.19. The Balaban J connectivity index is 2.17.